The third kappa shape index (κ3) is 2.50. The first kappa shape index (κ1) is 20.7. The van der Waals surface area contributed by atoms with Crippen LogP contribution in [-0.2, 0) is 4.79 Å². The summed E-state index contributed by atoms with van der Waals surface area (Å²) in [5.74, 6) is -1.73. The van der Waals surface area contributed by atoms with E-state index in [0.29, 0.717) is 22.4 Å². The lowest BCUT2D eigenvalue weighted by Crippen LogP contribution is -2.48. The number of rotatable bonds is 2. The van der Waals surface area contributed by atoms with E-state index in [4.69, 9.17) is 0 Å². The van der Waals surface area contributed by atoms with Crippen molar-refractivity contribution in [1.29, 1.82) is 0 Å². The molecule has 0 amide bonds. The highest BCUT2D eigenvalue weighted by molar-refractivity contribution is 6.32. The van der Waals surface area contributed by atoms with Gasteiger partial charge in [0.25, 0.3) is 0 Å². The monoisotopic (exact) mass is 451 g/mol. The molecule has 2 heterocycles. The fraction of sp³-hybridized carbons (Fsp3) is 0.207. The Labute approximate surface area is 196 Å². The summed E-state index contributed by atoms with van der Waals surface area (Å²) in [4.78, 5) is 43.6. The molecule has 34 heavy (non-hydrogen) atoms. The summed E-state index contributed by atoms with van der Waals surface area (Å²) in [6, 6.07) is 17.6. The van der Waals surface area contributed by atoms with Crippen molar-refractivity contribution in [2.75, 3.05) is 4.90 Å². The molecule has 1 fully saturated rings. The van der Waals surface area contributed by atoms with Crippen LogP contribution in [0, 0.1) is 18.2 Å². The molecular weight excluding hydrogens is 429 g/mol. The molecular formula is C29H22FNO3. The van der Waals surface area contributed by atoms with E-state index in [9.17, 15) is 18.8 Å². The number of benzene rings is 3. The van der Waals surface area contributed by atoms with E-state index in [1.165, 1.54) is 19.1 Å². The number of carbonyl (C=O) groups is 3. The number of nitrogens with zero attached hydrogens (tertiary/aromatic N) is 1. The van der Waals surface area contributed by atoms with Crippen LogP contribution in [-0.4, -0.2) is 29.4 Å². The van der Waals surface area contributed by atoms with Crippen molar-refractivity contribution in [3.8, 4) is 0 Å². The normalized spacial score (nSPS) is 23.7. The Hall–Kier alpha value is -3.86. The molecule has 4 nitrogen and oxygen atoms in total. The Morgan fingerprint density at radius 1 is 0.941 bits per heavy atom. The van der Waals surface area contributed by atoms with Crippen molar-refractivity contribution in [2.24, 2.45) is 5.41 Å². The topological polar surface area (TPSA) is 54.5 Å². The third-order valence-electron chi connectivity index (χ3n) is 7.62. The van der Waals surface area contributed by atoms with Crippen molar-refractivity contribution >= 4 is 29.1 Å². The molecule has 3 aromatic rings. The molecule has 1 saturated heterocycles. The average Bonchev–Trinajstić information content (AvgIpc) is 3.26. The lowest BCUT2D eigenvalue weighted by Gasteiger charge is -2.37. The smallest absolute Gasteiger partial charge is 0.180 e. The minimum absolute atomic E-state index is 0.144. The Bertz CT molecular complexity index is 1390. The van der Waals surface area contributed by atoms with Gasteiger partial charge in [0.05, 0.1) is 12.1 Å². The third-order valence-corrected chi connectivity index (χ3v) is 7.62. The molecule has 3 aromatic carbocycles. The van der Waals surface area contributed by atoms with Gasteiger partial charge in [0, 0.05) is 28.3 Å². The number of aryl methyl sites for hydroxylation is 1. The average molecular weight is 451 g/mol. The van der Waals surface area contributed by atoms with Crippen molar-refractivity contribution in [1.82, 2.24) is 0 Å². The van der Waals surface area contributed by atoms with Crippen LogP contribution in [0.3, 0.4) is 0 Å². The lowest BCUT2D eigenvalue weighted by molar-refractivity contribution is -0.118. The maximum absolute atomic E-state index is 14.2. The van der Waals surface area contributed by atoms with Crippen LogP contribution < -0.4 is 4.90 Å². The fourth-order valence-electron chi connectivity index (χ4n) is 6.25. The molecule has 1 aliphatic carbocycles. The number of fused-ring (bicyclic) bond motifs is 5. The SMILES string of the molecule is CC(=O)[C@@H]1[C@@H](c2ccc(C)cc2)C2(C(=O)c3ccccc3C2=O)[C@@H]2C=Cc3cc(F)ccc3N12. The predicted octanol–water partition coefficient (Wildman–Crippen LogP) is 5.16. The molecule has 168 valence electrons. The highest BCUT2D eigenvalue weighted by Gasteiger charge is 2.71. The zero-order valence-electron chi connectivity index (χ0n) is 18.8. The number of halogens is 1. The molecule has 0 bridgehead atoms. The van der Waals surface area contributed by atoms with Crippen molar-refractivity contribution in [3.05, 3.63) is 106 Å². The molecule has 5 heteroatoms. The molecule has 0 radical (unpaired) electrons. The van der Waals surface area contributed by atoms with Gasteiger partial charge >= 0.3 is 0 Å². The van der Waals surface area contributed by atoms with E-state index >= 15 is 0 Å². The molecule has 6 rings (SSSR count). The summed E-state index contributed by atoms with van der Waals surface area (Å²) in [6.07, 6.45) is 3.56. The highest BCUT2D eigenvalue weighted by Crippen LogP contribution is 2.60. The fourth-order valence-corrected chi connectivity index (χ4v) is 6.25. The van der Waals surface area contributed by atoms with Crippen LogP contribution >= 0.6 is 0 Å². The molecule has 0 unspecified atom stereocenters. The molecule has 2 aliphatic heterocycles. The Kier molecular flexibility index (Phi) is 4.31. The number of Topliss-reactive ketones (excluding diaryl/α,β-unsaturated/α-hetero) is 3. The molecule has 0 N–H and O–H groups in total. The summed E-state index contributed by atoms with van der Waals surface area (Å²) < 4.78 is 14.0. The zero-order valence-corrected chi connectivity index (χ0v) is 18.8. The first-order valence-corrected chi connectivity index (χ1v) is 11.4. The molecule has 1 spiro atoms. The van der Waals surface area contributed by atoms with Gasteiger partial charge in [-0.05, 0) is 37.6 Å². The van der Waals surface area contributed by atoms with Crippen LogP contribution in [0.4, 0.5) is 10.1 Å². The zero-order chi connectivity index (χ0) is 23.8. The van der Waals surface area contributed by atoms with E-state index in [1.54, 1.807) is 42.5 Å². The van der Waals surface area contributed by atoms with E-state index < -0.39 is 23.4 Å². The number of carbonyl (C=O) groups excluding carboxylic acids is 3. The standard InChI is InChI=1S/C29H22FNO3/c1-16-7-9-18(10-8-16)25-26(17(2)32)31-23-13-12-20(30)15-19(23)11-14-24(31)29(25)27(33)21-5-3-4-6-22(21)28(29)34/h3-15,24-26H,1-2H3/t24-,25+,26+/m0/s1. The summed E-state index contributed by atoms with van der Waals surface area (Å²) in [7, 11) is 0. The lowest BCUT2D eigenvalue weighted by atomic mass is 9.64. The first-order valence-electron chi connectivity index (χ1n) is 11.4. The van der Waals surface area contributed by atoms with E-state index in [-0.39, 0.29) is 23.2 Å². The van der Waals surface area contributed by atoms with Gasteiger partial charge in [-0.25, -0.2) is 4.39 Å². The highest BCUT2D eigenvalue weighted by atomic mass is 19.1. The molecule has 3 aliphatic rings. The van der Waals surface area contributed by atoms with Gasteiger partial charge in [-0.1, -0.05) is 66.2 Å². The molecule has 0 saturated carbocycles. The van der Waals surface area contributed by atoms with Gasteiger partial charge in [0.2, 0.25) is 0 Å². The Morgan fingerprint density at radius 2 is 1.59 bits per heavy atom. The van der Waals surface area contributed by atoms with Crippen LogP contribution in [0.5, 0.6) is 0 Å². The van der Waals surface area contributed by atoms with Gasteiger partial charge in [-0.2, -0.15) is 0 Å². The first-order chi connectivity index (χ1) is 16.4. The maximum atomic E-state index is 14.2. The summed E-state index contributed by atoms with van der Waals surface area (Å²) in [5, 5.41) is 0. The largest absolute Gasteiger partial charge is 0.352 e. The number of anilines is 1. The van der Waals surface area contributed by atoms with Gasteiger partial charge in [0.1, 0.15) is 11.2 Å². The van der Waals surface area contributed by atoms with Gasteiger partial charge < -0.3 is 4.90 Å². The number of hydrogen-bond acceptors (Lipinski definition) is 4. The van der Waals surface area contributed by atoms with Crippen molar-refractivity contribution in [3.63, 3.8) is 0 Å². The van der Waals surface area contributed by atoms with E-state index in [0.717, 1.165) is 11.1 Å². The summed E-state index contributed by atoms with van der Waals surface area (Å²) >= 11 is 0. The van der Waals surface area contributed by atoms with E-state index in [2.05, 4.69) is 0 Å². The van der Waals surface area contributed by atoms with Crippen LogP contribution in [0.2, 0.25) is 0 Å². The second-order valence-electron chi connectivity index (χ2n) is 9.43. The van der Waals surface area contributed by atoms with Gasteiger partial charge in [0.15, 0.2) is 17.3 Å². The van der Waals surface area contributed by atoms with E-state index in [1.807, 2.05) is 36.1 Å². The number of hydrogen-bond donors (Lipinski definition) is 0. The Balaban J connectivity index is 1.68. The number of ketones is 3. The maximum Gasteiger partial charge on any atom is 0.180 e. The second kappa shape index (κ2) is 7.07. The summed E-state index contributed by atoms with van der Waals surface area (Å²) in [5.41, 5.74) is 2.39. The van der Waals surface area contributed by atoms with Crippen LogP contribution in [0.25, 0.3) is 6.08 Å². The summed E-state index contributed by atoms with van der Waals surface area (Å²) in [6.45, 7) is 3.47. The predicted molar refractivity (Wildman–Crippen MR) is 128 cm³/mol. The molecule has 3 atom stereocenters. The quantitative estimate of drug-likeness (QED) is 0.506. The van der Waals surface area contributed by atoms with Gasteiger partial charge in [-0.15, -0.1) is 0 Å². The van der Waals surface area contributed by atoms with Crippen molar-refractivity contribution in [2.45, 2.75) is 31.8 Å². The van der Waals surface area contributed by atoms with Crippen LogP contribution in [0.1, 0.15) is 50.2 Å². The van der Waals surface area contributed by atoms with Crippen LogP contribution in [0.15, 0.2) is 72.8 Å². The second-order valence-corrected chi connectivity index (χ2v) is 9.43. The van der Waals surface area contributed by atoms with Gasteiger partial charge in [-0.3, -0.25) is 14.4 Å². The minimum Gasteiger partial charge on any atom is -0.352 e. The van der Waals surface area contributed by atoms with Crippen molar-refractivity contribution < 1.29 is 18.8 Å². The molecule has 0 aromatic heterocycles. The Morgan fingerprint density at radius 3 is 2.21 bits per heavy atom. The minimum atomic E-state index is -1.49.